The molecule has 1 saturated heterocycles. The number of nitrogens with one attached hydrogen (secondary N) is 1. The minimum atomic E-state index is 0. The highest BCUT2D eigenvalue weighted by Gasteiger charge is 2.22. The van der Waals surface area contributed by atoms with Gasteiger partial charge in [0.1, 0.15) is 0 Å². The Balaban J connectivity index is 0.00000162. The van der Waals surface area contributed by atoms with E-state index >= 15 is 0 Å². The molecule has 5 heteroatoms. The van der Waals surface area contributed by atoms with E-state index in [2.05, 4.69) is 42.3 Å². The van der Waals surface area contributed by atoms with Crippen molar-refractivity contribution in [3.05, 3.63) is 18.0 Å². The predicted molar refractivity (Wildman–Crippen MR) is 77.1 cm³/mol. The highest BCUT2D eigenvalue weighted by atomic mass is 35.5. The van der Waals surface area contributed by atoms with E-state index in [-0.39, 0.29) is 12.4 Å². The molecule has 2 rings (SSSR count). The van der Waals surface area contributed by atoms with E-state index in [1.54, 1.807) is 0 Å². The highest BCUT2D eigenvalue weighted by Crippen LogP contribution is 2.11. The predicted octanol–water partition coefficient (Wildman–Crippen LogP) is 1.90. The Bertz CT molecular complexity index is 353. The molecule has 104 valence electrons. The monoisotopic (exact) mass is 272 g/mol. The molecule has 18 heavy (non-hydrogen) atoms. The van der Waals surface area contributed by atoms with Crippen molar-refractivity contribution in [3.8, 4) is 0 Å². The van der Waals surface area contributed by atoms with Crippen LogP contribution in [0.15, 0.2) is 12.4 Å². The van der Waals surface area contributed by atoms with Crippen molar-refractivity contribution in [1.82, 2.24) is 20.0 Å². The topological polar surface area (TPSA) is 33.1 Å². The molecule has 1 aromatic rings. The molecule has 1 fully saturated rings. The second-order valence-electron chi connectivity index (χ2n) is 5.20. The molecule has 1 N–H and O–H groups in total. The second kappa shape index (κ2) is 7.12. The first kappa shape index (κ1) is 15.5. The number of piperazine rings is 1. The highest BCUT2D eigenvalue weighted by molar-refractivity contribution is 5.85. The number of hydrogen-bond acceptors (Lipinski definition) is 3. The van der Waals surface area contributed by atoms with Crippen molar-refractivity contribution >= 4 is 12.4 Å². The number of halogens is 1. The van der Waals surface area contributed by atoms with Gasteiger partial charge < -0.3 is 5.32 Å². The van der Waals surface area contributed by atoms with Crippen molar-refractivity contribution in [1.29, 1.82) is 0 Å². The standard InChI is InChI=1S/C13H24N4.ClH/c1-4-5-17-10-13(7-15-17)9-16-8-11(2)14-6-12(16)3;/h7,10-12,14H,4-6,8-9H2,1-3H3;1H. The van der Waals surface area contributed by atoms with Crippen molar-refractivity contribution in [2.45, 2.75) is 52.4 Å². The molecular formula is C13H25ClN4. The van der Waals surface area contributed by atoms with Gasteiger partial charge in [-0.05, 0) is 20.3 Å². The molecular weight excluding hydrogens is 248 g/mol. The van der Waals surface area contributed by atoms with E-state index in [1.807, 2.05) is 10.9 Å². The molecule has 0 amide bonds. The van der Waals surface area contributed by atoms with Crippen molar-refractivity contribution in [3.63, 3.8) is 0 Å². The Kier molecular flexibility index (Phi) is 6.12. The SMILES string of the molecule is CCCn1cc(CN2CC(C)NCC2C)cn1.Cl. The third-order valence-electron chi connectivity index (χ3n) is 3.42. The molecule has 2 atom stereocenters. The summed E-state index contributed by atoms with van der Waals surface area (Å²) in [4.78, 5) is 2.54. The van der Waals surface area contributed by atoms with Gasteiger partial charge in [-0.25, -0.2) is 0 Å². The zero-order valence-corrected chi connectivity index (χ0v) is 12.4. The van der Waals surface area contributed by atoms with Crippen LogP contribution in [0.5, 0.6) is 0 Å². The summed E-state index contributed by atoms with van der Waals surface area (Å²) in [7, 11) is 0. The molecule has 0 aliphatic carbocycles. The van der Waals surface area contributed by atoms with Crippen LogP contribution < -0.4 is 5.32 Å². The smallest absolute Gasteiger partial charge is 0.0534 e. The van der Waals surface area contributed by atoms with Gasteiger partial charge in [-0.2, -0.15) is 5.10 Å². The maximum absolute atomic E-state index is 4.39. The zero-order chi connectivity index (χ0) is 12.3. The van der Waals surface area contributed by atoms with Crippen molar-refractivity contribution < 1.29 is 0 Å². The fourth-order valence-corrected chi connectivity index (χ4v) is 2.39. The molecule has 0 aromatic carbocycles. The lowest BCUT2D eigenvalue weighted by atomic mass is 10.1. The lowest BCUT2D eigenvalue weighted by Gasteiger charge is -2.37. The van der Waals surface area contributed by atoms with E-state index in [9.17, 15) is 0 Å². The van der Waals surface area contributed by atoms with E-state index in [0.29, 0.717) is 12.1 Å². The summed E-state index contributed by atoms with van der Waals surface area (Å²) in [6, 6.07) is 1.21. The summed E-state index contributed by atoms with van der Waals surface area (Å²) in [5, 5.41) is 7.90. The maximum atomic E-state index is 4.39. The summed E-state index contributed by atoms with van der Waals surface area (Å²) < 4.78 is 2.05. The Morgan fingerprint density at radius 1 is 1.44 bits per heavy atom. The van der Waals surface area contributed by atoms with Gasteiger partial charge in [0.2, 0.25) is 0 Å². The Labute approximate surface area is 116 Å². The third kappa shape index (κ3) is 3.97. The number of hydrogen-bond donors (Lipinski definition) is 1. The van der Waals surface area contributed by atoms with Crippen molar-refractivity contribution in [2.75, 3.05) is 13.1 Å². The van der Waals surface area contributed by atoms with E-state index < -0.39 is 0 Å². The fourth-order valence-electron chi connectivity index (χ4n) is 2.39. The van der Waals surface area contributed by atoms with Gasteiger partial charge in [-0.15, -0.1) is 12.4 Å². The van der Waals surface area contributed by atoms with Crippen molar-refractivity contribution in [2.24, 2.45) is 0 Å². The van der Waals surface area contributed by atoms with Crippen LogP contribution in [0.25, 0.3) is 0 Å². The van der Waals surface area contributed by atoms with Gasteiger partial charge in [-0.3, -0.25) is 9.58 Å². The van der Waals surface area contributed by atoms with Crippen LogP contribution in [0, 0.1) is 0 Å². The summed E-state index contributed by atoms with van der Waals surface area (Å²) >= 11 is 0. The Hall–Kier alpha value is -0.580. The molecule has 2 unspecified atom stereocenters. The molecule has 1 aliphatic heterocycles. The molecule has 1 aromatic heterocycles. The van der Waals surface area contributed by atoms with Gasteiger partial charge in [0.25, 0.3) is 0 Å². The van der Waals surface area contributed by atoms with Crippen LogP contribution in [0.4, 0.5) is 0 Å². The van der Waals surface area contributed by atoms with Gasteiger partial charge in [0.15, 0.2) is 0 Å². The minimum Gasteiger partial charge on any atom is -0.311 e. The lowest BCUT2D eigenvalue weighted by molar-refractivity contribution is 0.139. The molecule has 0 radical (unpaired) electrons. The first-order chi connectivity index (χ1) is 8.19. The number of aryl methyl sites for hydroxylation is 1. The van der Waals surface area contributed by atoms with Crippen LogP contribution in [0.1, 0.15) is 32.8 Å². The molecule has 0 spiro atoms. The fraction of sp³-hybridized carbons (Fsp3) is 0.769. The molecule has 4 nitrogen and oxygen atoms in total. The molecule has 0 saturated carbocycles. The van der Waals surface area contributed by atoms with E-state index in [4.69, 9.17) is 0 Å². The molecule has 1 aliphatic rings. The molecule has 0 bridgehead atoms. The van der Waals surface area contributed by atoms with Crippen LogP contribution in [-0.2, 0) is 13.1 Å². The lowest BCUT2D eigenvalue weighted by Crippen LogP contribution is -2.53. The maximum Gasteiger partial charge on any atom is 0.0534 e. The van der Waals surface area contributed by atoms with Crippen LogP contribution >= 0.6 is 12.4 Å². The first-order valence-corrected chi connectivity index (χ1v) is 6.67. The summed E-state index contributed by atoms with van der Waals surface area (Å²) in [6.45, 7) is 11.0. The number of nitrogens with zero attached hydrogens (tertiary/aromatic N) is 3. The zero-order valence-electron chi connectivity index (χ0n) is 11.6. The summed E-state index contributed by atoms with van der Waals surface area (Å²) in [5.74, 6) is 0. The van der Waals surface area contributed by atoms with Gasteiger partial charge in [-0.1, -0.05) is 6.92 Å². The van der Waals surface area contributed by atoms with E-state index in [1.165, 1.54) is 5.56 Å². The number of aromatic nitrogens is 2. The van der Waals surface area contributed by atoms with Gasteiger partial charge in [0, 0.05) is 50.0 Å². The normalized spacial score (nSPS) is 24.8. The summed E-state index contributed by atoms with van der Waals surface area (Å²) in [6.07, 6.45) is 5.33. The van der Waals surface area contributed by atoms with Gasteiger partial charge in [0.05, 0.1) is 6.20 Å². The average molecular weight is 273 g/mol. The van der Waals surface area contributed by atoms with E-state index in [0.717, 1.165) is 32.6 Å². The largest absolute Gasteiger partial charge is 0.311 e. The Morgan fingerprint density at radius 2 is 2.22 bits per heavy atom. The first-order valence-electron chi connectivity index (χ1n) is 6.67. The number of rotatable bonds is 4. The van der Waals surface area contributed by atoms with Gasteiger partial charge >= 0.3 is 0 Å². The van der Waals surface area contributed by atoms with Crippen LogP contribution in [0.2, 0.25) is 0 Å². The third-order valence-corrected chi connectivity index (χ3v) is 3.42. The summed E-state index contributed by atoms with van der Waals surface area (Å²) in [5.41, 5.74) is 1.33. The minimum absolute atomic E-state index is 0. The van der Waals surface area contributed by atoms with Crippen LogP contribution in [0.3, 0.4) is 0 Å². The quantitative estimate of drug-likeness (QED) is 0.909. The molecule has 2 heterocycles. The second-order valence-corrected chi connectivity index (χ2v) is 5.20. The average Bonchev–Trinajstić information content (AvgIpc) is 2.72. The Morgan fingerprint density at radius 3 is 2.94 bits per heavy atom. The van der Waals surface area contributed by atoms with Crippen LogP contribution in [-0.4, -0.2) is 39.9 Å².